The van der Waals surface area contributed by atoms with Crippen molar-refractivity contribution in [1.29, 1.82) is 0 Å². The predicted molar refractivity (Wildman–Crippen MR) is 73.5 cm³/mol. The fraction of sp³-hybridized carbons (Fsp3) is 0.467. The maximum absolute atomic E-state index is 12.2. The second-order valence-electron chi connectivity index (χ2n) is 5.58. The lowest BCUT2D eigenvalue weighted by molar-refractivity contribution is -0.137. The quantitative estimate of drug-likeness (QED) is 0.872. The highest BCUT2D eigenvalue weighted by Gasteiger charge is 2.35. The molecule has 20 heavy (non-hydrogen) atoms. The van der Waals surface area contributed by atoms with Gasteiger partial charge in [0.15, 0.2) is 0 Å². The van der Waals surface area contributed by atoms with E-state index in [9.17, 15) is 9.59 Å². The highest BCUT2D eigenvalue weighted by atomic mass is 16.4. The van der Waals surface area contributed by atoms with Crippen LogP contribution in [-0.4, -0.2) is 40.6 Å². The Morgan fingerprint density at radius 2 is 1.80 bits per heavy atom. The fourth-order valence-electron chi connectivity index (χ4n) is 2.82. The molecule has 0 unspecified atom stereocenters. The molecule has 0 aliphatic heterocycles. The maximum Gasteiger partial charge on any atom is 0.323 e. The van der Waals surface area contributed by atoms with Crippen LogP contribution in [-0.2, 0) is 17.6 Å². The number of benzene rings is 1. The zero-order valence-corrected chi connectivity index (χ0v) is 11.2. The number of carbonyl (C=O) groups is 2. The Labute approximate surface area is 117 Å². The van der Waals surface area contributed by atoms with E-state index >= 15 is 0 Å². The van der Waals surface area contributed by atoms with Gasteiger partial charge in [0.1, 0.15) is 6.54 Å². The Kier molecular flexibility index (Phi) is 3.34. The molecule has 2 aliphatic carbocycles. The minimum Gasteiger partial charge on any atom is -0.480 e. The van der Waals surface area contributed by atoms with Crippen LogP contribution in [0.1, 0.15) is 24.0 Å². The monoisotopic (exact) mass is 274 g/mol. The average Bonchev–Trinajstić information content (AvgIpc) is 3.15. The van der Waals surface area contributed by atoms with E-state index in [0.717, 1.165) is 25.7 Å². The molecular weight excluding hydrogens is 256 g/mol. The van der Waals surface area contributed by atoms with Crippen LogP contribution in [0.2, 0.25) is 0 Å². The van der Waals surface area contributed by atoms with Crippen molar-refractivity contribution in [2.24, 2.45) is 0 Å². The lowest BCUT2D eigenvalue weighted by Crippen LogP contribution is -2.48. The molecule has 0 atom stereocenters. The molecule has 2 aliphatic rings. The number of nitrogens with zero attached hydrogens (tertiary/aromatic N) is 1. The summed E-state index contributed by atoms with van der Waals surface area (Å²) in [5.41, 5.74) is 2.54. The first kappa shape index (κ1) is 13.0. The summed E-state index contributed by atoms with van der Waals surface area (Å²) in [6.45, 7) is -0.212. The first-order chi connectivity index (χ1) is 9.63. The number of rotatable bonds is 4. The Bertz CT molecular complexity index is 515. The summed E-state index contributed by atoms with van der Waals surface area (Å²) in [6, 6.07) is 8.11. The molecule has 5 nitrogen and oxygen atoms in total. The summed E-state index contributed by atoms with van der Waals surface area (Å²) < 4.78 is 0. The summed E-state index contributed by atoms with van der Waals surface area (Å²) in [5, 5.41) is 11.9. The third-order valence-electron chi connectivity index (χ3n) is 3.93. The number of urea groups is 1. The zero-order chi connectivity index (χ0) is 14.1. The standard InChI is InChI=1S/C15H18N2O3/c18-14(19)9-17(13-5-6-13)15(20)16-12-7-10-3-1-2-4-11(10)8-12/h1-4,12-13H,5-9H2,(H,16,20)(H,18,19). The highest BCUT2D eigenvalue weighted by molar-refractivity contribution is 5.81. The van der Waals surface area contributed by atoms with E-state index in [2.05, 4.69) is 17.4 Å². The third kappa shape index (κ3) is 2.76. The van der Waals surface area contributed by atoms with Crippen molar-refractivity contribution in [2.45, 2.75) is 37.8 Å². The van der Waals surface area contributed by atoms with E-state index in [1.54, 1.807) is 0 Å². The van der Waals surface area contributed by atoms with Crippen molar-refractivity contribution in [3.63, 3.8) is 0 Å². The minimum atomic E-state index is -0.957. The van der Waals surface area contributed by atoms with Gasteiger partial charge in [0.05, 0.1) is 0 Å². The molecule has 0 bridgehead atoms. The fourth-order valence-corrected chi connectivity index (χ4v) is 2.82. The smallest absolute Gasteiger partial charge is 0.323 e. The molecular formula is C15H18N2O3. The van der Waals surface area contributed by atoms with Crippen LogP contribution in [0, 0.1) is 0 Å². The van der Waals surface area contributed by atoms with Gasteiger partial charge >= 0.3 is 12.0 Å². The summed E-state index contributed by atoms with van der Waals surface area (Å²) in [6.07, 6.45) is 3.47. The molecule has 5 heteroatoms. The van der Waals surface area contributed by atoms with Gasteiger partial charge in [-0.25, -0.2) is 4.79 Å². The van der Waals surface area contributed by atoms with Crippen molar-refractivity contribution in [3.8, 4) is 0 Å². The second kappa shape index (κ2) is 5.15. The molecule has 1 aromatic carbocycles. The first-order valence-electron chi connectivity index (χ1n) is 6.99. The third-order valence-corrected chi connectivity index (χ3v) is 3.93. The summed E-state index contributed by atoms with van der Waals surface area (Å²) in [7, 11) is 0. The van der Waals surface area contributed by atoms with Crippen molar-refractivity contribution in [2.75, 3.05) is 6.54 Å². The van der Waals surface area contributed by atoms with Gasteiger partial charge in [-0.3, -0.25) is 4.79 Å². The number of aliphatic carboxylic acids is 1. The minimum absolute atomic E-state index is 0.0787. The van der Waals surface area contributed by atoms with Crippen LogP contribution < -0.4 is 5.32 Å². The average molecular weight is 274 g/mol. The van der Waals surface area contributed by atoms with Gasteiger partial charge in [-0.05, 0) is 36.8 Å². The van der Waals surface area contributed by atoms with Crippen molar-refractivity contribution >= 4 is 12.0 Å². The number of hydrogen-bond acceptors (Lipinski definition) is 2. The lowest BCUT2D eigenvalue weighted by Gasteiger charge is -2.23. The number of nitrogens with one attached hydrogen (secondary N) is 1. The van der Waals surface area contributed by atoms with Crippen LogP contribution in [0.15, 0.2) is 24.3 Å². The van der Waals surface area contributed by atoms with E-state index in [4.69, 9.17) is 5.11 Å². The summed E-state index contributed by atoms with van der Waals surface area (Å²) in [4.78, 5) is 24.5. The molecule has 106 valence electrons. The van der Waals surface area contributed by atoms with Gasteiger partial charge in [0, 0.05) is 12.1 Å². The molecule has 0 aromatic heterocycles. The van der Waals surface area contributed by atoms with E-state index < -0.39 is 5.97 Å². The number of hydrogen-bond donors (Lipinski definition) is 2. The number of amides is 2. The van der Waals surface area contributed by atoms with E-state index in [-0.39, 0.29) is 24.7 Å². The van der Waals surface area contributed by atoms with Crippen LogP contribution in [0.3, 0.4) is 0 Å². The Hall–Kier alpha value is -2.04. The number of carbonyl (C=O) groups excluding carboxylic acids is 1. The molecule has 2 amide bonds. The van der Waals surface area contributed by atoms with Gasteiger partial charge in [-0.1, -0.05) is 24.3 Å². The van der Waals surface area contributed by atoms with Crippen LogP contribution in [0.4, 0.5) is 4.79 Å². The Morgan fingerprint density at radius 3 is 2.30 bits per heavy atom. The molecule has 1 saturated carbocycles. The Balaban J connectivity index is 1.60. The second-order valence-corrected chi connectivity index (χ2v) is 5.58. The lowest BCUT2D eigenvalue weighted by atomic mass is 10.1. The van der Waals surface area contributed by atoms with Crippen molar-refractivity contribution in [1.82, 2.24) is 10.2 Å². The maximum atomic E-state index is 12.2. The molecule has 2 N–H and O–H groups in total. The van der Waals surface area contributed by atoms with E-state index in [1.165, 1.54) is 16.0 Å². The molecule has 0 radical (unpaired) electrons. The largest absolute Gasteiger partial charge is 0.480 e. The van der Waals surface area contributed by atoms with Crippen LogP contribution >= 0.6 is 0 Å². The highest BCUT2D eigenvalue weighted by Crippen LogP contribution is 2.27. The van der Waals surface area contributed by atoms with Gasteiger partial charge < -0.3 is 15.3 Å². The van der Waals surface area contributed by atoms with E-state index in [0.29, 0.717) is 0 Å². The van der Waals surface area contributed by atoms with E-state index in [1.807, 2.05) is 12.1 Å². The topological polar surface area (TPSA) is 69.6 Å². The van der Waals surface area contributed by atoms with Gasteiger partial charge in [0.25, 0.3) is 0 Å². The molecule has 3 rings (SSSR count). The summed E-state index contributed by atoms with van der Waals surface area (Å²) in [5.74, 6) is -0.957. The number of carboxylic acids is 1. The van der Waals surface area contributed by atoms with Crippen molar-refractivity contribution in [3.05, 3.63) is 35.4 Å². The van der Waals surface area contributed by atoms with Crippen LogP contribution in [0.5, 0.6) is 0 Å². The molecule has 0 spiro atoms. The Morgan fingerprint density at radius 1 is 1.20 bits per heavy atom. The van der Waals surface area contributed by atoms with Crippen LogP contribution in [0.25, 0.3) is 0 Å². The van der Waals surface area contributed by atoms with Gasteiger partial charge in [0.2, 0.25) is 0 Å². The zero-order valence-electron chi connectivity index (χ0n) is 11.2. The first-order valence-corrected chi connectivity index (χ1v) is 6.99. The van der Waals surface area contributed by atoms with Gasteiger partial charge in [-0.15, -0.1) is 0 Å². The van der Waals surface area contributed by atoms with Gasteiger partial charge in [-0.2, -0.15) is 0 Å². The SMILES string of the molecule is O=C(O)CN(C(=O)NC1Cc2ccccc2C1)C1CC1. The molecule has 1 aromatic rings. The number of fused-ring (bicyclic) bond motifs is 1. The molecule has 1 fully saturated rings. The molecule has 0 heterocycles. The van der Waals surface area contributed by atoms with Crippen molar-refractivity contribution < 1.29 is 14.7 Å². The number of carboxylic acid groups (broad SMARTS) is 1. The normalized spacial score (nSPS) is 17.6. The summed E-state index contributed by atoms with van der Waals surface area (Å²) >= 11 is 0. The predicted octanol–water partition coefficient (Wildman–Crippen LogP) is 1.41. The molecule has 0 saturated heterocycles.